The van der Waals surface area contributed by atoms with Crippen molar-refractivity contribution in [3.8, 4) is 0 Å². The number of nitrogens with zero attached hydrogens (tertiary/aromatic N) is 1. The molecule has 1 aliphatic carbocycles. The van der Waals surface area contributed by atoms with Crippen LogP contribution in [0.2, 0.25) is 0 Å². The molecule has 0 bridgehead atoms. The van der Waals surface area contributed by atoms with Crippen LogP contribution >= 0.6 is 0 Å². The molecule has 3 heteroatoms. The molecule has 2 heterocycles. The Morgan fingerprint density at radius 1 is 1.21 bits per heavy atom. The molecule has 0 amide bonds. The Morgan fingerprint density at radius 3 is 2.84 bits per heavy atom. The maximum atomic E-state index is 6.12. The summed E-state index contributed by atoms with van der Waals surface area (Å²) >= 11 is 0. The average molecular weight is 266 g/mol. The van der Waals surface area contributed by atoms with Gasteiger partial charge in [-0.15, -0.1) is 0 Å². The summed E-state index contributed by atoms with van der Waals surface area (Å²) in [5, 5.41) is 3.86. The minimum atomic E-state index is 0.260. The van der Waals surface area contributed by atoms with Gasteiger partial charge in [-0.2, -0.15) is 0 Å². The van der Waals surface area contributed by atoms with Crippen LogP contribution in [0.3, 0.4) is 0 Å². The summed E-state index contributed by atoms with van der Waals surface area (Å²) in [6.45, 7) is 6.97. The largest absolute Gasteiger partial charge is 0.375 e. The second kappa shape index (κ2) is 6.11. The molecule has 3 rings (SSSR count). The van der Waals surface area contributed by atoms with E-state index in [1.54, 1.807) is 0 Å². The van der Waals surface area contributed by atoms with Crippen LogP contribution in [0.1, 0.15) is 58.3 Å². The third kappa shape index (κ3) is 3.14. The zero-order chi connectivity index (χ0) is 13.1. The summed E-state index contributed by atoms with van der Waals surface area (Å²) in [4.78, 5) is 2.64. The highest BCUT2D eigenvalue weighted by Crippen LogP contribution is 2.39. The Labute approximate surface area is 118 Å². The van der Waals surface area contributed by atoms with Crippen molar-refractivity contribution >= 4 is 0 Å². The smallest absolute Gasteiger partial charge is 0.0697 e. The second-order valence-electron chi connectivity index (χ2n) is 6.76. The van der Waals surface area contributed by atoms with E-state index in [1.807, 2.05) is 0 Å². The van der Waals surface area contributed by atoms with Crippen molar-refractivity contribution in [1.29, 1.82) is 0 Å². The molecule has 3 fully saturated rings. The maximum Gasteiger partial charge on any atom is 0.0697 e. The lowest BCUT2D eigenvalue weighted by Crippen LogP contribution is -2.48. The summed E-state index contributed by atoms with van der Waals surface area (Å²) < 4.78 is 6.12. The maximum absolute atomic E-state index is 6.12. The molecule has 1 saturated carbocycles. The topological polar surface area (TPSA) is 24.5 Å². The molecule has 3 aliphatic rings. The van der Waals surface area contributed by atoms with Crippen LogP contribution in [0.15, 0.2) is 0 Å². The number of likely N-dealkylation sites (N-methyl/N-ethyl adjacent to an activating group) is 1. The molecular formula is C16H30N2O. The highest BCUT2D eigenvalue weighted by molar-refractivity contribution is 4.94. The first-order valence-electron chi connectivity index (χ1n) is 8.43. The van der Waals surface area contributed by atoms with E-state index < -0.39 is 0 Å². The standard InChI is InChI=1S/C16H30N2O/c1-2-18-10-5-6-15(18)13-17-14-7-11-19-16(12-14)8-3-4-9-16/h14-15,17H,2-13H2,1H3. The average Bonchev–Trinajstić information content (AvgIpc) is 3.06. The van der Waals surface area contributed by atoms with Gasteiger partial charge in [-0.1, -0.05) is 19.8 Å². The van der Waals surface area contributed by atoms with Gasteiger partial charge in [0.05, 0.1) is 5.60 Å². The van der Waals surface area contributed by atoms with E-state index in [0.29, 0.717) is 6.04 Å². The van der Waals surface area contributed by atoms with E-state index in [0.717, 1.165) is 12.6 Å². The first-order chi connectivity index (χ1) is 9.31. The Kier molecular flexibility index (Phi) is 4.45. The second-order valence-corrected chi connectivity index (χ2v) is 6.76. The van der Waals surface area contributed by atoms with Crippen molar-refractivity contribution in [1.82, 2.24) is 10.2 Å². The number of rotatable bonds is 4. The predicted octanol–water partition coefficient (Wildman–Crippen LogP) is 2.55. The van der Waals surface area contributed by atoms with Gasteiger partial charge in [0.1, 0.15) is 0 Å². The third-order valence-corrected chi connectivity index (χ3v) is 5.56. The number of likely N-dealkylation sites (tertiary alicyclic amines) is 1. The molecule has 3 nitrogen and oxygen atoms in total. The Bertz CT molecular complexity index is 288. The molecule has 2 unspecified atom stereocenters. The van der Waals surface area contributed by atoms with Crippen molar-refractivity contribution in [3.63, 3.8) is 0 Å². The van der Waals surface area contributed by atoms with Crippen molar-refractivity contribution in [3.05, 3.63) is 0 Å². The van der Waals surface area contributed by atoms with Gasteiger partial charge in [-0.05, 0) is 51.6 Å². The number of hydrogen-bond acceptors (Lipinski definition) is 3. The van der Waals surface area contributed by atoms with Crippen molar-refractivity contribution in [2.45, 2.75) is 76.0 Å². The summed E-state index contributed by atoms with van der Waals surface area (Å²) in [6, 6.07) is 1.48. The minimum absolute atomic E-state index is 0.260. The van der Waals surface area contributed by atoms with Gasteiger partial charge in [0.25, 0.3) is 0 Å². The normalized spacial score (nSPS) is 35.2. The molecule has 0 aromatic carbocycles. The Hall–Kier alpha value is -0.120. The van der Waals surface area contributed by atoms with E-state index >= 15 is 0 Å². The quantitative estimate of drug-likeness (QED) is 0.846. The fourth-order valence-corrected chi connectivity index (χ4v) is 4.42. The van der Waals surface area contributed by atoms with E-state index in [1.165, 1.54) is 71.0 Å². The molecule has 0 radical (unpaired) electrons. The molecule has 110 valence electrons. The molecule has 0 aromatic heterocycles. The van der Waals surface area contributed by atoms with E-state index in [2.05, 4.69) is 17.1 Å². The van der Waals surface area contributed by atoms with E-state index in [9.17, 15) is 0 Å². The number of nitrogens with one attached hydrogen (secondary N) is 1. The van der Waals surface area contributed by atoms with E-state index in [4.69, 9.17) is 4.74 Å². The van der Waals surface area contributed by atoms with E-state index in [-0.39, 0.29) is 5.60 Å². The molecule has 19 heavy (non-hydrogen) atoms. The number of hydrogen-bond donors (Lipinski definition) is 1. The minimum Gasteiger partial charge on any atom is -0.375 e. The lowest BCUT2D eigenvalue weighted by atomic mass is 9.89. The lowest BCUT2D eigenvalue weighted by molar-refractivity contribution is -0.0839. The zero-order valence-electron chi connectivity index (χ0n) is 12.5. The summed E-state index contributed by atoms with van der Waals surface area (Å²) in [6.07, 6.45) is 10.6. The molecule has 0 aromatic rings. The van der Waals surface area contributed by atoms with Crippen LogP contribution in [0.4, 0.5) is 0 Å². The molecule has 2 saturated heterocycles. The first kappa shape index (κ1) is 13.8. The van der Waals surface area contributed by atoms with Crippen LogP contribution < -0.4 is 5.32 Å². The van der Waals surface area contributed by atoms with Crippen molar-refractivity contribution in [2.75, 3.05) is 26.2 Å². The van der Waals surface area contributed by atoms with Crippen LogP contribution in [-0.4, -0.2) is 48.8 Å². The van der Waals surface area contributed by atoms with Gasteiger partial charge < -0.3 is 10.1 Å². The fraction of sp³-hybridized carbons (Fsp3) is 1.00. The molecule has 1 spiro atoms. The van der Waals surface area contributed by atoms with Crippen LogP contribution in [0.5, 0.6) is 0 Å². The van der Waals surface area contributed by atoms with Crippen molar-refractivity contribution in [2.24, 2.45) is 0 Å². The van der Waals surface area contributed by atoms with Crippen LogP contribution in [0, 0.1) is 0 Å². The van der Waals surface area contributed by atoms with Gasteiger partial charge >= 0.3 is 0 Å². The summed E-state index contributed by atoms with van der Waals surface area (Å²) in [7, 11) is 0. The first-order valence-corrected chi connectivity index (χ1v) is 8.43. The Balaban J connectivity index is 1.47. The van der Waals surface area contributed by atoms with Crippen LogP contribution in [-0.2, 0) is 4.74 Å². The highest BCUT2D eigenvalue weighted by atomic mass is 16.5. The predicted molar refractivity (Wildman–Crippen MR) is 78.4 cm³/mol. The summed E-state index contributed by atoms with van der Waals surface area (Å²) in [5.41, 5.74) is 0.260. The lowest BCUT2D eigenvalue weighted by Gasteiger charge is -2.39. The molecule has 1 N–H and O–H groups in total. The zero-order valence-corrected chi connectivity index (χ0v) is 12.5. The fourth-order valence-electron chi connectivity index (χ4n) is 4.42. The van der Waals surface area contributed by atoms with Gasteiger partial charge in [0.2, 0.25) is 0 Å². The monoisotopic (exact) mass is 266 g/mol. The van der Waals surface area contributed by atoms with Gasteiger partial charge in [-0.25, -0.2) is 0 Å². The third-order valence-electron chi connectivity index (χ3n) is 5.56. The van der Waals surface area contributed by atoms with Gasteiger partial charge in [-0.3, -0.25) is 4.90 Å². The van der Waals surface area contributed by atoms with Crippen molar-refractivity contribution < 1.29 is 4.74 Å². The summed E-state index contributed by atoms with van der Waals surface area (Å²) in [5.74, 6) is 0. The Morgan fingerprint density at radius 2 is 2.05 bits per heavy atom. The molecule has 2 atom stereocenters. The van der Waals surface area contributed by atoms with Crippen LogP contribution in [0.25, 0.3) is 0 Å². The molecular weight excluding hydrogens is 236 g/mol. The molecule has 2 aliphatic heterocycles. The van der Waals surface area contributed by atoms with Gasteiger partial charge in [0.15, 0.2) is 0 Å². The highest BCUT2D eigenvalue weighted by Gasteiger charge is 2.39. The number of ether oxygens (including phenoxy) is 1. The van der Waals surface area contributed by atoms with Gasteiger partial charge in [0, 0.05) is 25.2 Å². The SMILES string of the molecule is CCN1CCCC1CNC1CCOC2(CCCC2)C1.